The molecule has 4 rings (SSSR count). The summed E-state index contributed by atoms with van der Waals surface area (Å²) >= 11 is 0. The Hall–Kier alpha value is -2.87. The first kappa shape index (κ1) is 16.6. The molecule has 1 unspecified atom stereocenters. The number of carbonyl (C=O) groups excluding carboxylic acids is 1. The van der Waals surface area contributed by atoms with Gasteiger partial charge in [-0.05, 0) is 18.6 Å². The van der Waals surface area contributed by atoms with Crippen molar-refractivity contribution in [3.05, 3.63) is 47.0 Å². The number of imidazole rings is 1. The van der Waals surface area contributed by atoms with Gasteiger partial charge in [0, 0.05) is 32.2 Å². The highest BCUT2D eigenvalue weighted by Crippen LogP contribution is 2.17. The third-order valence-corrected chi connectivity index (χ3v) is 4.79. The monoisotopic (exact) mass is 355 g/mol. The minimum Gasteiger partial charge on any atom is -0.381 e. The number of aryl methyl sites for hydroxylation is 1. The van der Waals surface area contributed by atoms with Crippen LogP contribution in [-0.2, 0) is 29.7 Å². The zero-order chi connectivity index (χ0) is 18.1. The Bertz CT molecular complexity index is 994. The van der Waals surface area contributed by atoms with Gasteiger partial charge < -0.3 is 10.1 Å². The fourth-order valence-corrected chi connectivity index (χ4v) is 3.40. The summed E-state index contributed by atoms with van der Waals surface area (Å²) in [5.41, 5.74) is 1.33. The second-order valence-corrected chi connectivity index (χ2v) is 6.59. The van der Waals surface area contributed by atoms with Crippen LogP contribution in [0.4, 0.5) is 5.82 Å². The number of aromatic nitrogens is 4. The molecule has 1 atom stereocenters. The van der Waals surface area contributed by atoms with E-state index in [4.69, 9.17) is 4.74 Å². The summed E-state index contributed by atoms with van der Waals surface area (Å²) in [6.07, 6.45) is 2.66. The van der Waals surface area contributed by atoms with E-state index in [1.807, 2.05) is 24.3 Å². The standard InChI is InChI=1S/C18H21N5O3/c1-21-14-4-2-3-5-15(14)22(18(21)25)11-17(24)20-16-6-8-19-23(16)10-13-7-9-26-12-13/h2-6,8,13H,7,9-12H2,1H3,(H,20,24). The first-order chi connectivity index (χ1) is 12.6. The van der Waals surface area contributed by atoms with E-state index in [1.165, 1.54) is 4.57 Å². The van der Waals surface area contributed by atoms with Crippen LogP contribution in [0.25, 0.3) is 11.0 Å². The molecule has 0 bridgehead atoms. The zero-order valence-electron chi connectivity index (χ0n) is 14.6. The zero-order valence-corrected chi connectivity index (χ0v) is 14.6. The van der Waals surface area contributed by atoms with E-state index in [0.717, 1.165) is 30.7 Å². The lowest BCUT2D eigenvalue weighted by molar-refractivity contribution is -0.116. The quantitative estimate of drug-likeness (QED) is 0.746. The Labute approximate surface area is 150 Å². The van der Waals surface area contributed by atoms with Gasteiger partial charge in [0.2, 0.25) is 5.91 Å². The van der Waals surface area contributed by atoms with Gasteiger partial charge in [0.05, 0.1) is 23.8 Å². The Morgan fingerprint density at radius 2 is 2.12 bits per heavy atom. The van der Waals surface area contributed by atoms with Crippen molar-refractivity contribution in [3.63, 3.8) is 0 Å². The maximum absolute atomic E-state index is 12.5. The molecule has 0 radical (unpaired) electrons. The Morgan fingerprint density at radius 1 is 1.31 bits per heavy atom. The molecule has 1 aromatic carbocycles. The van der Waals surface area contributed by atoms with Crippen molar-refractivity contribution >= 4 is 22.8 Å². The van der Waals surface area contributed by atoms with Crippen molar-refractivity contribution < 1.29 is 9.53 Å². The molecule has 8 nitrogen and oxygen atoms in total. The molecule has 26 heavy (non-hydrogen) atoms. The Morgan fingerprint density at radius 3 is 2.88 bits per heavy atom. The number of nitrogens with one attached hydrogen (secondary N) is 1. The number of hydrogen-bond donors (Lipinski definition) is 1. The van der Waals surface area contributed by atoms with Gasteiger partial charge in [-0.3, -0.25) is 13.9 Å². The van der Waals surface area contributed by atoms with Crippen LogP contribution >= 0.6 is 0 Å². The molecule has 1 fully saturated rings. The topological polar surface area (TPSA) is 83.1 Å². The molecule has 3 heterocycles. The SMILES string of the molecule is Cn1c(=O)n(CC(=O)Nc2ccnn2CC2CCOC2)c2ccccc21. The molecule has 0 aliphatic carbocycles. The normalized spacial score (nSPS) is 17.0. The number of para-hydroxylation sites is 2. The second kappa shape index (κ2) is 6.80. The molecule has 0 saturated carbocycles. The molecule has 136 valence electrons. The third kappa shape index (κ3) is 3.03. The van der Waals surface area contributed by atoms with E-state index in [0.29, 0.717) is 18.3 Å². The predicted octanol–water partition coefficient (Wildman–Crippen LogP) is 1.21. The van der Waals surface area contributed by atoms with E-state index in [-0.39, 0.29) is 18.1 Å². The van der Waals surface area contributed by atoms with E-state index < -0.39 is 0 Å². The number of ether oxygens (including phenoxy) is 1. The maximum atomic E-state index is 12.5. The number of rotatable bonds is 5. The predicted molar refractivity (Wildman–Crippen MR) is 97.0 cm³/mol. The van der Waals surface area contributed by atoms with Crippen molar-refractivity contribution in [2.45, 2.75) is 19.5 Å². The highest BCUT2D eigenvalue weighted by molar-refractivity contribution is 5.90. The van der Waals surface area contributed by atoms with Gasteiger partial charge in [-0.2, -0.15) is 5.10 Å². The molecule has 0 spiro atoms. The van der Waals surface area contributed by atoms with Crippen molar-refractivity contribution in [2.24, 2.45) is 13.0 Å². The largest absolute Gasteiger partial charge is 0.381 e. The van der Waals surface area contributed by atoms with Gasteiger partial charge in [0.25, 0.3) is 0 Å². The number of carbonyl (C=O) groups is 1. The van der Waals surface area contributed by atoms with Crippen molar-refractivity contribution in [1.82, 2.24) is 18.9 Å². The summed E-state index contributed by atoms with van der Waals surface area (Å²) in [5, 5.41) is 7.15. The Balaban J connectivity index is 1.51. The smallest absolute Gasteiger partial charge is 0.329 e. The summed E-state index contributed by atoms with van der Waals surface area (Å²) in [6, 6.07) is 9.20. The van der Waals surface area contributed by atoms with Crippen LogP contribution in [0.3, 0.4) is 0 Å². The first-order valence-corrected chi connectivity index (χ1v) is 8.67. The van der Waals surface area contributed by atoms with Gasteiger partial charge in [0.1, 0.15) is 12.4 Å². The van der Waals surface area contributed by atoms with Gasteiger partial charge in [0.15, 0.2) is 0 Å². The van der Waals surface area contributed by atoms with Crippen molar-refractivity contribution in [2.75, 3.05) is 18.5 Å². The summed E-state index contributed by atoms with van der Waals surface area (Å²) in [6.45, 7) is 2.16. The number of hydrogen-bond acceptors (Lipinski definition) is 4. The minimum atomic E-state index is -0.257. The lowest BCUT2D eigenvalue weighted by Gasteiger charge is -2.12. The fourth-order valence-electron chi connectivity index (χ4n) is 3.40. The second-order valence-electron chi connectivity index (χ2n) is 6.59. The fraction of sp³-hybridized carbons (Fsp3) is 0.389. The summed E-state index contributed by atoms with van der Waals surface area (Å²) in [5.74, 6) is 0.786. The van der Waals surface area contributed by atoms with Gasteiger partial charge in [-0.1, -0.05) is 12.1 Å². The van der Waals surface area contributed by atoms with Gasteiger partial charge in [-0.25, -0.2) is 9.48 Å². The molecular formula is C18H21N5O3. The van der Waals surface area contributed by atoms with Gasteiger partial charge in [-0.15, -0.1) is 0 Å². The van der Waals surface area contributed by atoms with E-state index >= 15 is 0 Å². The lowest BCUT2D eigenvalue weighted by atomic mass is 10.1. The van der Waals surface area contributed by atoms with Crippen LogP contribution in [0, 0.1) is 5.92 Å². The number of nitrogens with zero attached hydrogens (tertiary/aromatic N) is 4. The van der Waals surface area contributed by atoms with Crippen LogP contribution in [0.2, 0.25) is 0 Å². The molecular weight excluding hydrogens is 334 g/mol. The number of amides is 1. The molecule has 3 aromatic rings. The van der Waals surface area contributed by atoms with Gasteiger partial charge >= 0.3 is 5.69 Å². The summed E-state index contributed by atoms with van der Waals surface area (Å²) < 4.78 is 10.2. The first-order valence-electron chi connectivity index (χ1n) is 8.67. The van der Waals surface area contributed by atoms with E-state index in [1.54, 1.807) is 28.6 Å². The van der Waals surface area contributed by atoms with Crippen LogP contribution in [0.15, 0.2) is 41.3 Å². The third-order valence-electron chi connectivity index (χ3n) is 4.79. The molecule has 1 saturated heterocycles. The highest BCUT2D eigenvalue weighted by Gasteiger charge is 2.19. The molecule has 8 heteroatoms. The van der Waals surface area contributed by atoms with Crippen LogP contribution in [0.1, 0.15) is 6.42 Å². The highest BCUT2D eigenvalue weighted by atomic mass is 16.5. The van der Waals surface area contributed by atoms with Crippen molar-refractivity contribution in [3.8, 4) is 0 Å². The Kier molecular flexibility index (Phi) is 4.34. The van der Waals surface area contributed by atoms with Crippen LogP contribution in [-0.4, -0.2) is 38.0 Å². The molecule has 1 aliphatic rings. The number of benzene rings is 1. The van der Waals surface area contributed by atoms with E-state index in [2.05, 4.69) is 10.4 Å². The van der Waals surface area contributed by atoms with Crippen LogP contribution < -0.4 is 11.0 Å². The summed E-state index contributed by atoms with van der Waals surface area (Å²) in [7, 11) is 1.71. The van der Waals surface area contributed by atoms with E-state index in [9.17, 15) is 9.59 Å². The van der Waals surface area contributed by atoms with Crippen LogP contribution in [0.5, 0.6) is 0 Å². The lowest BCUT2D eigenvalue weighted by Crippen LogP contribution is -2.29. The average molecular weight is 355 g/mol. The minimum absolute atomic E-state index is 0.0437. The summed E-state index contributed by atoms with van der Waals surface area (Å²) in [4.78, 5) is 25.0. The maximum Gasteiger partial charge on any atom is 0.329 e. The molecule has 1 amide bonds. The molecule has 1 N–H and O–H groups in total. The number of fused-ring (bicyclic) bond motifs is 1. The molecule has 1 aliphatic heterocycles. The molecule has 2 aromatic heterocycles. The number of anilines is 1. The van der Waals surface area contributed by atoms with Crippen molar-refractivity contribution in [1.29, 1.82) is 0 Å². The average Bonchev–Trinajstić information content (AvgIpc) is 3.35.